The second-order valence-corrected chi connectivity index (χ2v) is 10.0. The van der Waals surface area contributed by atoms with Gasteiger partial charge in [-0.1, -0.05) is 30.3 Å². The minimum absolute atomic E-state index is 0.0986. The Morgan fingerprint density at radius 2 is 2.11 bits per heavy atom. The lowest BCUT2D eigenvalue weighted by atomic mass is 9.89. The largest absolute Gasteiger partial charge is 0.369 e. The Balaban J connectivity index is 1.97. The minimum Gasteiger partial charge on any atom is -0.369 e. The van der Waals surface area contributed by atoms with Gasteiger partial charge in [0.05, 0.1) is 16.3 Å². The van der Waals surface area contributed by atoms with Gasteiger partial charge in [-0.3, -0.25) is 14.2 Å². The average Bonchev–Trinajstić information content (AvgIpc) is 3.00. The number of aromatic nitrogens is 2. The highest BCUT2D eigenvalue weighted by molar-refractivity contribution is 8.00. The van der Waals surface area contributed by atoms with Crippen molar-refractivity contribution >= 4 is 50.8 Å². The van der Waals surface area contributed by atoms with Crippen LogP contribution in [0, 0.1) is 5.92 Å². The number of nitrogens with zero attached hydrogens (tertiary/aromatic N) is 2. The number of benzene rings is 1. The Labute approximate surface area is 175 Å². The van der Waals surface area contributed by atoms with Crippen molar-refractivity contribution in [1.29, 1.82) is 0 Å². The molecule has 2 N–H and O–H groups in total. The molecule has 0 saturated carbocycles. The molecular weight excluding hydrogens is 414 g/mol. The van der Waals surface area contributed by atoms with E-state index in [0.29, 0.717) is 27.2 Å². The molecule has 146 valence electrons. The third-order valence-corrected chi connectivity index (χ3v) is 7.54. The number of carbonyl (C=O) groups excluding carboxylic acids is 1. The van der Waals surface area contributed by atoms with Crippen molar-refractivity contribution in [2.24, 2.45) is 11.7 Å². The van der Waals surface area contributed by atoms with Gasteiger partial charge in [0.1, 0.15) is 4.83 Å². The molecule has 0 spiro atoms. The van der Waals surface area contributed by atoms with Crippen LogP contribution in [0.2, 0.25) is 5.02 Å². The van der Waals surface area contributed by atoms with E-state index in [0.717, 1.165) is 29.7 Å². The molecule has 1 aliphatic carbocycles. The monoisotopic (exact) mass is 433 g/mol. The second kappa shape index (κ2) is 7.54. The van der Waals surface area contributed by atoms with Crippen molar-refractivity contribution in [3.63, 3.8) is 0 Å². The van der Waals surface area contributed by atoms with Gasteiger partial charge in [0.25, 0.3) is 5.56 Å². The maximum absolute atomic E-state index is 13.6. The molecule has 3 aromatic rings. The normalized spacial score (nSPS) is 17.5. The predicted octanol–water partition coefficient (Wildman–Crippen LogP) is 4.19. The Morgan fingerprint density at radius 1 is 1.39 bits per heavy atom. The second-order valence-electron chi connectivity index (χ2n) is 7.21. The molecule has 0 fully saturated rings. The first-order valence-electron chi connectivity index (χ1n) is 9.14. The average molecular weight is 434 g/mol. The maximum Gasteiger partial charge on any atom is 0.267 e. The highest BCUT2D eigenvalue weighted by Gasteiger charge is 2.26. The van der Waals surface area contributed by atoms with Crippen molar-refractivity contribution in [3.8, 4) is 5.69 Å². The maximum atomic E-state index is 13.6. The van der Waals surface area contributed by atoms with Gasteiger partial charge >= 0.3 is 0 Å². The number of amides is 1. The van der Waals surface area contributed by atoms with E-state index in [-0.39, 0.29) is 5.56 Å². The van der Waals surface area contributed by atoms with E-state index in [2.05, 4.69) is 6.92 Å². The van der Waals surface area contributed by atoms with Gasteiger partial charge in [-0.15, -0.1) is 11.3 Å². The molecule has 8 heteroatoms. The summed E-state index contributed by atoms with van der Waals surface area (Å²) in [5.74, 6) is 0.170. The molecule has 5 nitrogen and oxygen atoms in total. The molecule has 0 aliphatic heterocycles. The van der Waals surface area contributed by atoms with Crippen LogP contribution in [0.25, 0.3) is 15.9 Å². The molecule has 0 unspecified atom stereocenters. The summed E-state index contributed by atoms with van der Waals surface area (Å²) in [7, 11) is 0. The van der Waals surface area contributed by atoms with Gasteiger partial charge in [-0.2, -0.15) is 0 Å². The van der Waals surface area contributed by atoms with Crippen molar-refractivity contribution in [2.75, 3.05) is 0 Å². The molecule has 1 aliphatic rings. The highest BCUT2D eigenvalue weighted by Crippen LogP contribution is 2.37. The van der Waals surface area contributed by atoms with E-state index in [9.17, 15) is 9.59 Å². The van der Waals surface area contributed by atoms with Gasteiger partial charge in [-0.25, -0.2) is 4.98 Å². The number of aryl methyl sites for hydroxylation is 1. The lowest BCUT2D eigenvalue weighted by Crippen LogP contribution is -2.26. The predicted molar refractivity (Wildman–Crippen MR) is 116 cm³/mol. The van der Waals surface area contributed by atoms with Crippen LogP contribution in [-0.2, 0) is 17.6 Å². The Kier molecular flexibility index (Phi) is 5.24. The summed E-state index contributed by atoms with van der Waals surface area (Å²) in [6.07, 6.45) is 2.96. The summed E-state index contributed by atoms with van der Waals surface area (Å²) in [6, 6.07) is 7.06. The Morgan fingerprint density at radius 3 is 2.79 bits per heavy atom. The minimum atomic E-state index is -0.502. The van der Waals surface area contributed by atoms with E-state index in [4.69, 9.17) is 22.3 Å². The summed E-state index contributed by atoms with van der Waals surface area (Å²) in [5.41, 5.74) is 7.16. The molecule has 1 aromatic carbocycles. The SMILES string of the molecule is C[C@H]1CCc2c(sc3nc(S[C@H](C)C(N)=O)n(-c4ccc(Cl)cc4)c(=O)c23)C1. The van der Waals surface area contributed by atoms with E-state index in [1.54, 1.807) is 47.1 Å². The number of thioether (sulfide) groups is 1. The summed E-state index contributed by atoms with van der Waals surface area (Å²) in [5, 5.41) is 1.26. The first kappa shape index (κ1) is 19.5. The van der Waals surface area contributed by atoms with Crippen LogP contribution in [0.1, 0.15) is 30.7 Å². The van der Waals surface area contributed by atoms with E-state index in [1.165, 1.54) is 16.6 Å². The van der Waals surface area contributed by atoms with E-state index >= 15 is 0 Å². The molecule has 2 heterocycles. The third kappa shape index (κ3) is 3.47. The van der Waals surface area contributed by atoms with Gasteiger partial charge in [0, 0.05) is 9.90 Å². The van der Waals surface area contributed by atoms with Crippen LogP contribution in [-0.4, -0.2) is 20.7 Å². The van der Waals surface area contributed by atoms with Crippen LogP contribution in [0.3, 0.4) is 0 Å². The number of carbonyl (C=O) groups is 1. The zero-order valence-corrected chi connectivity index (χ0v) is 18.0. The smallest absolute Gasteiger partial charge is 0.267 e. The lowest BCUT2D eigenvalue weighted by molar-refractivity contribution is -0.117. The van der Waals surface area contributed by atoms with Crippen LogP contribution < -0.4 is 11.3 Å². The van der Waals surface area contributed by atoms with Crippen molar-refractivity contribution in [1.82, 2.24) is 9.55 Å². The van der Waals surface area contributed by atoms with Crippen LogP contribution in [0.5, 0.6) is 0 Å². The fourth-order valence-electron chi connectivity index (χ4n) is 3.48. The van der Waals surface area contributed by atoms with Gasteiger partial charge in [0.15, 0.2) is 5.16 Å². The zero-order valence-electron chi connectivity index (χ0n) is 15.6. The highest BCUT2D eigenvalue weighted by atomic mass is 35.5. The lowest BCUT2D eigenvalue weighted by Gasteiger charge is -2.18. The summed E-state index contributed by atoms with van der Waals surface area (Å²) < 4.78 is 1.58. The molecule has 2 atom stereocenters. The number of halogens is 1. The topological polar surface area (TPSA) is 78.0 Å². The first-order chi connectivity index (χ1) is 13.3. The summed E-state index contributed by atoms with van der Waals surface area (Å²) in [6.45, 7) is 3.96. The molecule has 0 radical (unpaired) electrons. The number of primary amides is 1. The summed E-state index contributed by atoms with van der Waals surface area (Å²) >= 11 is 8.83. The van der Waals surface area contributed by atoms with Crippen LogP contribution >= 0.6 is 34.7 Å². The molecule has 2 aromatic heterocycles. The van der Waals surface area contributed by atoms with Crippen molar-refractivity contribution < 1.29 is 4.79 Å². The standard InChI is InChI=1S/C20H20ClN3O2S2/c1-10-3-8-14-15(9-10)28-18-16(14)19(26)24(13-6-4-12(21)5-7-13)20(23-18)27-11(2)17(22)25/h4-7,10-11H,3,8-9H2,1-2H3,(H2,22,25)/t10-,11+/m0/s1. The number of nitrogens with two attached hydrogens (primary N) is 1. The number of rotatable bonds is 4. The van der Waals surface area contributed by atoms with Gasteiger partial charge in [0.2, 0.25) is 5.91 Å². The first-order valence-corrected chi connectivity index (χ1v) is 11.2. The Hall–Kier alpha value is -1.83. The fourth-order valence-corrected chi connectivity index (χ4v) is 5.91. The number of thiophene rings is 1. The number of hydrogen-bond acceptors (Lipinski definition) is 5. The van der Waals surface area contributed by atoms with E-state index < -0.39 is 11.2 Å². The molecule has 28 heavy (non-hydrogen) atoms. The quantitative estimate of drug-likeness (QED) is 0.494. The van der Waals surface area contributed by atoms with Crippen molar-refractivity contribution in [3.05, 3.63) is 50.1 Å². The molecule has 0 saturated heterocycles. The zero-order chi connectivity index (χ0) is 20.0. The molecule has 1 amide bonds. The third-order valence-electron chi connectivity index (χ3n) is 5.07. The van der Waals surface area contributed by atoms with Crippen LogP contribution in [0.4, 0.5) is 0 Å². The van der Waals surface area contributed by atoms with E-state index in [1.807, 2.05) is 0 Å². The number of fused-ring (bicyclic) bond motifs is 3. The van der Waals surface area contributed by atoms with Gasteiger partial charge < -0.3 is 5.73 Å². The Bertz CT molecular complexity index is 1120. The molecule has 0 bridgehead atoms. The molecule has 4 rings (SSSR count). The fraction of sp³-hybridized carbons (Fsp3) is 0.350. The van der Waals surface area contributed by atoms with Crippen molar-refractivity contribution in [2.45, 2.75) is 43.5 Å². The number of hydrogen-bond donors (Lipinski definition) is 1. The van der Waals surface area contributed by atoms with Crippen LogP contribution in [0.15, 0.2) is 34.2 Å². The molecular formula is C20H20ClN3O2S2. The summed E-state index contributed by atoms with van der Waals surface area (Å²) in [4.78, 5) is 32.0. The van der Waals surface area contributed by atoms with Gasteiger partial charge in [-0.05, 0) is 61.9 Å².